The zero-order chi connectivity index (χ0) is 23.3. The number of allylic oxidation sites excluding steroid dienone is 1. The summed E-state index contributed by atoms with van der Waals surface area (Å²) >= 11 is 0. The van der Waals surface area contributed by atoms with Crippen molar-refractivity contribution in [1.82, 2.24) is 5.01 Å². The third kappa shape index (κ3) is 3.10. The highest BCUT2D eigenvalue weighted by atomic mass is 16.6. The summed E-state index contributed by atoms with van der Waals surface area (Å²) in [7, 11) is 1.52. The van der Waals surface area contributed by atoms with E-state index in [0.717, 1.165) is 4.90 Å². The second-order valence-corrected chi connectivity index (χ2v) is 7.89. The SMILES string of the molecule is COc1ccc(C(=O)[C@H]2[C@H]3C(=O)N(c4ccc([N+](=O)[O-])cc4)C(=O)[C@H]3[C@@H]3C=CC=NN32)cc1. The third-order valence-electron chi connectivity index (χ3n) is 6.25. The van der Waals surface area contributed by atoms with E-state index < -0.39 is 40.7 Å². The Labute approximate surface area is 187 Å². The molecule has 2 saturated heterocycles. The topological polar surface area (TPSA) is 122 Å². The number of rotatable bonds is 5. The molecule has 2 fully saturated rings. The molecule has 0 N–H and O–H groups in total. The van der Waals surface area contributed by atoms with Crippen LogP contribution < -0.4 is 9.64 Å². The van der Waals surface area contributed by atoms with E-state index in [1.54, 1.807) is 36.4 Å². The number of carbonyl (C=O) groups is 3. The number of nitro groups is 1. The fourth-order valence-corrected chi connectivity index (χ4v) is 4.74. The molecular weight excluding hydrogens is 428 g/mol. The van der Waals surface area contributed by atoms with Crippen molar-refractivity contribution in [2.45, 2.75) is 12.1 Å². The van der Waals surface area contributed by atoms with Gasteiger partial charge in [0.2, 0.25) is 11.8 Å². The van der Waals surface area contributed by atoms with Crippen LogP contribution in [0, 0.1) is 22.0 Å². The van der Waals surface area contributed by atoms with Gasteiger partial charge in [-0.05, 0) is 42.5 Å². The number of anilines is 1. The summed E-state index contributed by atoms with van der Waals surface area (Å²) in [6.07, 6.45) is 4.97. The fraction of sp³-hybridized carbons (Fsp3) is 0.217. The smallest absolute Gasteiger partial charge is 0.269 e. The van der Waals surface area contributed by atoms with Crippen LogP contribution in [0.1, 0.15) is 10.4 Å². The molecule has 166 valence electrons. The second-order valence-electron chi connectivity index (χ2n) is 7.89. The molecule has 0 spiro atoms. The van der Waals surface area contributed by atoms with Crippen LogP contribution in [0.5, 0.6) is 5.75 Å². The van der Waals surface area contributed by atoms with Crippen molar-refractivity contribution >= 4 is 35.2 Å². The van der Waals surface area contributed by atoms with Crippen molar-refractivity contribution in [3.63, 3.8) is 0 Å². The average molecular weight is 446 g/mol. The van der Waals surface area contributed by atoms with Gasteiger partial charge >= 0.3 is 0 Å². The zero-order valence-corrected chi connectivity index (χ0v) is 17.4. The summed E-state index contributed by atoms with van der Waals surface area (Å²) in [5.74, 6) is -2.46. The number of nitrogens with zero attached hydrogens (tertiary/aromatic N) is 4. The van der Waals surface area contributed by atoms with E-state index in [2.05, 4.69) is 5.10 Å². The molecule has 0 bridgehead atoms. The van der Waals surface area contributed by atoms with Crippen molar-refractivity contribution < 1.29 is 24.0 Å². The summed E-state index contributed by atoms with van der Waals surface area (Å²) in [4.78, 5) is 51.8. The quantitative estimate of drug-likeness (QED) is 0.299. The molecule has 3 aliphatic rings. The molecule has 3 aliphatic heterocycles. The number of hydrogen-bond donors (Lipinski definition) is 0. The first-order valence-electron chi connectivity index (χ1n) is 10.2. The minimum absolute atomic E-state index is 0.152. The first kappa shape index (κ1) is 20.6. The number of fused-ring (bicyclic) bond motifs is 3. The Bertz CT molecular complexity index is 1220. The number of imide groups is 1. The predicted octanol–water partition coefficient (Wildman–Crippen LogP) is 2.20. The minimum atomic E-state index is -0.964. The molecular formula is C23H18N4O6. The number of carbonyl (C=O) groups excluding carboxylic acids is 3. The van der Waals surface area contributed by atoms with Crippen LogP contribution in [0.25, 0.3) is 0 Å². The molecule has 0 aromatic heterocycles. The molecule has 0 saturated carbocycles. The molecule has 2 aromatic rings. The number of hydrazone groups is 1. The molecule has 3 heterocycles. The van der Waals surface area contributed by atoms with Gasteiger partial charge in [-0.2, -0.15) is 5.10 Å². The fourth-order valence-electron chi connectivity index (χ4n) is 4.74. The van der Waals surface area contributed by atoms with Crippen LogP contribution in [-0.4, -0.2) is 52.9 Å². The number of nitro benzene ring substituents is 1. The molecule has 10 nitrogen and oxygen atoms in total. The molecule has 4 atom stereocenters. The molecule has 33 heavy (non-hydrogen) atoms. The lowest BCUT2D eigenvalue weighted by atomic mass is 9.86. The lowest BCUT2D eigenvalue weighted by molar-refractivity contribution is -0.384. The maximum Gasteiger partial charge on any atom is 0.269 e. The molecule has 0 unspecified atom stereocenters. The van der Waals surface area contributed by atoms with Gasteiger partial charge in [0.15, 0.2) is 5.78 Å². The largest absolute Gasteiger partial charge is 0.497 e. The van der Waals surface area contributed by atoms with E-state index in [-0.39, 0.29) is 17.2 Å². The lowest BCUT2D eigenvalue weighted by Crippen LogP contribution is -2.46. The maximum atomic E-state index is 13.5. The van der Waals surface area contributed by atoms with Crippen LogP contribution in [0.15, 0.2) is 65.8 Å². The van der Waals surface area contributed by atoms with E-state index in [1.165, 1.54) is 42.6 Å². The lowest BCUT2D eigenvalue weighted by Gasteiger charge is -2.30. The second kappa shape index (κ2) is 7.66. The number of ether oxygens (including phenoxy) is 1. The van der Waals surface area contributed by atoms with Gasteiger partial charge in [-0.25, -0.2) is 4.90 Å². The van der Waals surface area contributed by atoms with Crippen LogP contribution in [-0.2, 0) is 9.59 Å². The standard InChI is InChI=1S/C23H18N4O6/c1-33-16-10-4-13(5-11-16)21(28)20-19-18(17-3-2-12-24-26(17)20)22(29)25(23(19)30)14-6-8-15(9-7-14)27(31)32/h2-12,17-20H,1H3/t17-,18-,19-,20+/m0/s1. The number of amides is 2. The van der Waals surface area contributed by atoms with Gasteiger partial charge in [0.05, 0.1) is 35.6 Å². The maximum absolute atomic E-state index is 13.5. The van der Waals surface area contributed by atoms with Gasteiger partial charge in [0.25, 0.3) is 5.69 Å². The van der Waals surface area contributed by atoms with Gasteiger partial charge in [0.1, 0.15) is 11.8 Å². The van der Waals surface area contributed by atoms with Crippen molar-refractivity contribution in [3.05, 3.63) is 76.4 Å². The predicted molar refractivity (Wildman–Crippen MR) is 117 cm³/mol. The van der Waals surface area contributed by atoms with E-state index in [0.29, 0.717) is 11.3 Å². The molecule has 0 aliphatic carbocycles. The first-order chi connectivity index (χ1) is 15.9. The van der Waals surface area contributed by atoms with Gasteiger partial charge in [-0.15, -0.1) is 0 Å². The Balaban J connectivity index is 1.53. The number of Topliss-reactive ketones (excluding diaryl/α,β-unsaturated/α-hetero) is 1. The van der Waals surface area contributed by atoms with Crippen molar-refractivity contribution in [1.29, 1.82) is 0 Å². The highest BCUT2D eigenvalue weighted by molar-refractivity contribution is 6.24. The summed E-state index contributed by atoms with van der Waals surface area (Å²) in [6.45, 7) is 0. The number of benzene rings is 2. The Morgan fingerprint density at radius 1 is 1.03 bits per heavy atom. The Morgan fingerprint density at radius 2 is 1.70 bits per heavy atom. The normalized spacial score (nSPS) is 25.2. The highest BCUT2D eigenvalue weighted by Gasteiger charge is 2.64. The molecule has 2 amide bonds. The Kier molecular flexibility index (Phi) is 4.77. The van der Waals surface area contributed by atoms with E-state index in [9.17, 15) is 24.5 Å². The average Bonchev–Trinajstić information content (AvgIpc) is 3.31. The van der Waals surface area contributed by atoms with Crippen molar-refractivity contribution in [3.8, 4) is 5.75 Å². The zero-order valence-electron chi connectivity index (χ0n) is 17.4. The van der Waals surface area contributed by atoms with Crippen molar-refractivity contribution in [2.75, 3.05) is 12.0 Å². The number of ketones is 1. The summed E-state index contributed by atoms with van der Waals surface area (Å²) in [5, 5.41) is 16.8. The summed E-state index contributed by atoms with van der Waals surface area (Å²) < 4.78 is 5.15. The van der Waals surface area contributed by atoms with Gasteiger partial charge in [-0.3, -0.25) is 29.5 Å². The van der Waals surface area contributed by atoms with Gasteiger partial charge < -0.3 is 4.74 Å². The van der Waals surface area contributed by atoms with E-state index in [1.807, 2.05) is 0 Å². The van der Waals surface area contributed by atoms with Crippen LogP contribution in [0.4, 0.5) is 11.4 Å². The Hall–Kier alpha value is -4.34. The molecule has 2 aromatic carbocycles. The highest BCUT2D eigenvalue weighted by Crippen LogP contribution is 2.46. The van der Waals surface area contributed by atoms with Crippen molar-refractivity contribution in [2.24, 2.45) is 16.9 Å². The van der Waals surface area contributed by atoms with Gasteiger partial charge in [0, 0.05) is 23.9 Å². The molecule has 10 heteroatoms. The number of hydrogen-bond acceptors (Lipinski definition) is 8. The van der Waals surface area contributed by atoms with Crippen LogP contribution in [0.2, 0.25) is 0 Å². The number of methoxy groups -OCH3 is 1. The molecule has 0 radical (unpaired) electrons. The number of non-ortho nitro benzene ring substituents is 1. The first-order valence-corrected chi connectivity index (χ1v) is 10.2. The Morgan fingerprint density at radius 3 is 2.33 bits per heavy atom. The minimum Gasteiger partial charge on any atom is -0.497 e. The van der Waals surface area contributed by atoms with E-state index >= 15 is 0 Å². The monoisotopic (exact) mass is 446 g/mol. The van der Waals surface area contributed by atoms with Gasteiger partial charge in [-0.1, -0.05) is 6.08 Å². The third-order valence-corrected chi connectivity index (χ3v) is 6.25. The summed E-state index contributed by atoms with van der Waals surface area (Å²) in [5.41, 5.74) is 0.454. The van der Waals surface area contributed by atoms with E-state index in [4.69, 9.17) is 4.74 Å². The molecule has 5 rings (SSSR count). The summed E-state index contributed by atoms with van der Waals surface area (Å²) in [6, 6.07) is 10.2. The van der Waals surface area contributed by atoms with Crippen LogP contribution in [0.3, 0.4) is 0 Å². The van der Waals surface area contributed by atoms with Crippen LogP contribution >= 0.6 is 0 Å².